The Morgan fingerprint density at radius 1 is 0.906 bits per heavy atom. The number of ether oxygens (including phenoxy) is 2. The van der Waals surface area contributed by atoms with E-state index < -0.39 is 11.1 Å². The molecule has 1 saturated heterocycles. The van der Waals surface area contributed by atoms with E-state index in [9.17, 15) is 10.0 Å². The third-order valence-electron chi connectivity index (χ3n) is 15.2. The number of aliphatic imine (C=N–C) groups is 1. The summed E-state index contributed by atoms with van der Waals surface area (Å²) in [5.41, 5.74) is 2.53. The summed E-state index contributed by atoms with van der Waals surface area (Å²) >= 11 is 0. The van der Waals surface area contributed by atoms with Crippen LogP contribution >= 0.6 is 0 Å². The Morgan fingerprint density at radius 3 is 2.32 bits per heavy atom. The first kappa shape index (κ1) is 40.5. The van der Waals surface area contributed by atoms with Gasteiger partial charge >= 0.3 is 5.97 Å². The Kier molecular flexibility index (Phi) is 12.3. The lowest BCUT2D eigenvalue weighted by atomic mass is 9.47. The van der Waals surface area contributed by atoms with Crippen molar-refractivity contribution < 1.29 is 19.5 Å². The first-order valence-corrected chi connectivity index (χ1v) is 21.6. The average molecular weight is 730 g/mol. The summed E-state index contributed by atoms with van der Waals surface area (Å²) in [4.78, 5) is 17.8. The molecule has 6 rings (SSSR count). The molecule has 5 aliphatic rings. The van der Waals surface area contributed by atoms with Gasteiger partial charge in [0.15, 0.2) is 0 Å². The highest BCUT2D eigenvalue weighted by Gasteiger charge is 2.59. The molecule has 1 aliphatic heterocycles. The first-order valence-electron chi connectivity index (χ1n) is 21.6. The van der Waals surface area contributed by atoms with Crippen molar-refractivity contribution in [1.29, 1.82) is 0 Å². The number of piperidine rings is 1. The molecule has 8 atom stereocenters. The number of carbonyl (C=O) groups excluding carboxylic acids is 1. The number of carbonyl (C=O) groups is 1. The van der Waals surface area contributed by atoms with Gasteiger partial charge in [-0.05, 0) is 168 Å². The summed E-state index contributed by atoms with van der Waals surface area (Å²) in [6.45, 7) is 21.1. The number of hydroxylamine groups is 2. The zero-order valence-electron chi connectivity index (χ0n) is 34.9. The minimum Gasteiger partial charge on any atom is -0.494 e. The predicted molar refractivity (Wildman–Crippen MR) is 215 cm³/mol. The second kappa shape index (κ2) is 16.1. The molecule has 53 heavy (non-hydrogen) atoms. The summed E-state index contributed by atoms with van der Waals surface area (Å²) in [6, 6.07) is 8.07. The second-order valence-electron chi connectivity index (χ2n) is 20.4. The zero-order valence-corrected chi connectivity index (χ0v) is 34.9. The van der Waals surface area contributed by atoms with E-state index >= 15 is 0 Å². The Morgan fingerprint density at radius 2 is 1.62 bits per heavy atom. The maximum atomic E-state index is 12.9. The molecule has 4 aliphatic carbocycles. The van der Waals surface area contributed by atoms with Crippen molar-refractivity contribution in [3.63, 3.8) is 0 Å². The van der Waals surface area contributed by atoms with Gasteiger partial charge in [0.25, 0.3) is 0 Å². The Balaban J connectivity index is 0.929. The number of hydrogen-bond acceptors (Lipinski definition) is 5. The van der Waals surface area contributed by atoms with Gasteiger partial charge in [-0.3, -0.25) is 9.79 Å². The molecular formula is C47H73N2O4. The van der Waals surface area contributed by atoms with E-state index in [1.807, 2.05) is 58.2 Å². The summed E-state index contributed by atoms with van der Waals surface area (Å²) in [6.07, 6.45) is 21.2. The topological polar surface area (TPSA) is 71.0 Å². The highest BCUT2D eigenvalue weighted by Crippen LogP contribution is 2.67. The number of nitrogens with zero attached hydrogens (tertiary/aromatic N) is 2. The Bertz CT molecular complexity index is 1440. The van der Waals surface area contributed by atoms with Gasteiger partial charge in [0.1, 0.15) is 11.9 Å². The van der Waals surface area contributed by atoms with Crippen LogP contribution in [0.3, 0.4) is 0 Å². The van der Waals surface area contributed by atoms with Crippen LogP contribution in [0.5, 0.6) is 5.75 Å². The minimum absolute atomic E-state index is 0.00917. The van der Waals surface area contributed by atoms with Crippen LogP contribution < -0.4 is 4.74 Å². The largest absolute Gasteiger partial charge is 0.494 e. The van der Waals surface area contributed by atoms with Crippen molar-refractivity contribution in [2.45, 2.75) is 182 Å². The summed E-state index contributed by atoms with van der Waals surface area (Å²) in [5.74, 6) is 5.75. The van der Waals surface area contributed by atoms with Crippen molar-refractivity contribution in [3.8, 4) is 5.75 Å². The van der Waals surface area contributed by atoms with Crippen molar-refractivity contribution in [2.24, 2.45) is 51.3 Å². The van der Waals surface area contributed by atoms with E-state index in [4.69, 9.17) is 14.5 Å². The van der Waals surface area contributed by atoms with Crippen molar-refractivity contribution in [1.82, 2.24) is 5.06 Å². The molecule has 4 fully saturated rings. The van der Waals surface area contributed by atoms with Gasteiger partial charge in [0.05, 0.1) is 12.6 Å². The fourth-order valence-electron chi connectivity index (χ4n) is 12.6. The van der Waals surface area contributed by atoms with Gasteiger partial charge in [-0.2, -0.15) is 0 Å². The fourth-order valence-corrected chi connectivity index (χ4v) is 12.6. The summed E-state index contributed by atoms with van der Waals surface area (Å²) < 4.78 is 12.1. The molecule has 0 amide bonds. The standard InChI is InChI=1S/C47H73N2O4/c1-32(2)12-10-13-33(3)40-21-22-41-39-20-17-35-28-38(23-25-46(35,8)42(39)24-26-47(40,41)9)53-43(50)14-11-27-52-37-18-15-34(16-19-37)31-48-36-29-44(4,5)49(51)45(6,7)30-36/h15-19,31-33,36,38-42H,10-14,20-30H2,1-9H3/t33-,38+,39+,40-,41+,42+,46+,47-/m1/s1. The summed E-state index contributed by atoms with van der Waals surface area (Å²) in [7, 11) is 0. The van der Waals surface area contributed by atoms with Crippen LogP contribution in [0.4, 0.5) is 0 Å². The van der Waals surface area contributed by atoms with Crippen molar-refractivity contribution in [3.05, 3.63) is 41.5 Å². The van der Waals surface area contributed by atoms with Gasteiger partial charge in [0, 0.05) is 30.1 Å². The predicted octanol–water partition coefficient (Wildman–Crippen LogP) is 11.6. The van der Waals surface area contributed by atoms with Crippen LogP contribution in [-0.2, 0) is 14.7 Å². The minimum atomic E-state index is -0.425. The maximum Gasteiger partial charge on any atom is 0.306 e. The van der Waals surface area contributed by atoms with Crippen LogP contribution in [0, 0.1) is 46.3 Å². The van der Waals surface area contributed by atoms with Crippen LogP contribution in [0.2, 0.25) is 0 Å². The molecule has 1 radical (unpaired) electrons. The molecule has 295 valence electrons. The molecule has 1 heterocycles. The van der Waals surface area contributed by atoms with Gasteiger partial charge in [-0.25, -0.2) is 0 Å². The van der Waals surface area contributed by atoms with Crippen molar-refractivity contribution >= 4 is 12.2 Å². The van der Waals surface area contributed by atoms with Gasteiger partial charge < -0.3 is 9.47 Å². The summed E-state index contributed by atoms with van der Waals surface area (Å²) in [5, 5.41) is 13.9. The molecule has 0 unspecified atom stereocenters. The lowest BCUT2D eigenvalue weighted by Crippen LogP contribution is -2.59. The molecule has 0 aromatic heterocycles. The van der Waals surface area contributed by atoms with E-state index in [-0.39, 0.29) is 23.5 Å². The highest BCUT2D eigenvalue weighted by molar-refractivity contribution is 5.79. The van der Waals surface area contributed by atoms with Gasteiger partial charge in [-0.15, -0.1) is 10.3 Å². The quantitative estimate of drug-likeness (QED) is 0.0877. The lowest BCUT2D eigenvalue weighted by Gasteiger charge is -2.58. The molecule has 0 N–H and O–H groups in total. The van der Waals surface area contributed by atoms with Crippen molar-refractivity contribution in [2.75, 3.05) is 6.61 Å². The normalized spacial score (nSPS) is 34.6. The molecular weight excluding hydrogens is 657 g/mol. The SMILES string of the molecule is CC(C)CCC[C@@H](C)[C@H]1CC[C@H]2[C@@H]3CC=C4C[C@@H](OC(=O)CCCOc5ccc(C=NC6CC(C)(C)N([O])C(C)(C)C6)cc5)CC[C@]4(C)[C@H]3CC[C@]12C. The first-order chi connectivity index (χ1) is 25.0. The Hall–Kier alpha value is -2.18. The second-order valence-corrected chi connectivity index (χ2v) is 20.4. The zero-order chi connectivity index (χ0) is 38.2. The monoisotopic (exact) mass is 730 g/mol. The number of hydrogen-bond donors (Lipinski definition) is 0. The Labute approximate surface area is 322 Å². The highest BCUT2D eigenvalue weighted by atomic mass is 16.5. The molecule has 3 saturated carbocycles. The molecule has 0 bridgehead atoms. The van der Waals surface area contributed by atoms with E-state index in [1.165, 1.54) is 56.4 Å². The number of esters is 1. The van der Waals surface area contributed by atoms with E-state index in [2.05, 4.69) is 40.7 Å². The smallest absolute Gasteiger partial charge is 0.306 e. The van der Waals surface area contributed by atoms with E-state index in [0.717, 1.165) is 78.9 Å². The number of rotatable bonds is 13. The molecule has 1 aromatic rings. The molecule has 1 aromatic carbocycles. The third kappa shape index (κ3) is 8.79. The molecule has 0 spiro atoms. The average Bonchev–Trinajstić information content (AvgIpc) is 3.46. The molecule has 6 nitrogen and oxygen atoms in total. The van der Waals surface area contributed by atoms with Gasteiger partial charge in [0.2, 0.25) is 0 Å². The number of allylic oxidation sites excluding steroid dienone is 1. The van der Waals surface area contributed by atoms with Crippen LogP contribution in [0.15, 0.2) is 40.9 Å². The van der Waals surface area contributed by atoms with Gasteiger partial charge in [-0.1, -0.05) is 65.5 Å². The van der Waals surface area contributed by atoms with Crippen LogP contribution in [-0.4, -0.2) is 47.1 Å². The number of fused-ring (bicyclic) bond motifs is 5. The lowest BCUT2D eigenvalue weighted by molar-refractivity contribution is -0.288. The fraction of sp³-hybridized carbons (Fsp3) is 0.787. The van der Waals surface area contributed by atoms with Crippen LogP contribution in [0.1, 0.15) is 164 Å². The third-order valence-corrected chi connectivity index (χ3v) is 15.2. The maximum absolute atomic E-state index is 12.9. The number of benzene rings is 1. The molecule has 6 heteroatoms. The van der Waals surface area contributed by atoms with E-state index in [1.54, 1.807) is 5.57 Å². The van der Waals surface area contributed by atoms with E-state index in [0.29, 0.717) is 24.9 Å². The van der Waals surface area contributed by atoms with Crippen LogP contribution in [0.25, 0.3) is 0 Å².